The highest BCUT2D eigenvalue weighted by Crippen LogP contribution is 2.18. The number of Topliss-reactive ketones (excluding diaryl/α,β-unsaturated/α-hetero) is 1. The molecular weight excluding hydrogens is 456 g/mol. The van der Waals surface area contributed by atoms with Gasteiger partial charge in [-0.3, -0.25) is 4.79 Å². The van der Waals surface area contributed by atoms with Gasteiger partial charge in [0, 0.05) is 22.3 Å². The Kier molecular flexibility index (Phi) is 14.5. The fraction of sp³-hybridized carbons (Fsp3) is 0.476. The summed E-state index contributed by atoms with van der Waals surface area (Å²) in [6.07, 6.45) is 4.39. The predicted molar refractivity (Wildman–Crippen MR) is 126 cm³/mol. The number of pyridine rings is 2. The Morgan fingerprint density at radius 3 is 1.86 bits per heavy atom. The lowest BCUT2D eigenvalue weighted by Gasteiger charge is -2.01. The van der Waals surface area contributed by atoms with E-state index in [1.54, 1.807) is 30.4 Å². The number of carbonyl (C=O) groups excluding carboxylic acids is 1. The van der Waals surface area contributed by atoms with Crippen molar-refractivity contribution in [2.45, 2.75) is 57.7 Å². The fourth-order valence-corrected chi connectivity index (χ4v) is 3.08. The van der Waals surface area contributed by atoms with E-state index in [-0.39, 0.29) is 5.78 Å². The quantitative estimate of drug-likeness (QED) is 0.349. The summed E-state index contributed by atoms with van der Waals surface area (Å²) in [7, 11) is 0. The SMILES string of the molecule is CCOC(C)C.CSc1ccc(Br)c(C)n1.CSc1ccc(C(C)=O)c(C)n1. The van der Waals surface area contributed by atoms with Crippen LogP contribution in [-0.2, 0) is 4.74 Å². The molecular formula is C21H31BrN2O2S2. The molecule has 0 N–H and O–H groups in total. The van der Waals surface area contributed by atoms with Crippen LogP contribution in [0.3, 0.4) is 0 Å². The summed E-state index contributed by atoms with van der Waals surface area (Å²) >= 11 is 6.63. The number of rotatable bonds is 5. The Morgan fingerprint density at radius 2 is 1.54 bits per heavy atom. The Morgan fingerprint density at radius 1 is 1.04 bits per heavy atom. The smallest absolute Gasteiger partial charge is 0.161 e. The molecule has 0 amide bonds. The molecule has 0 bridgehead atoms. The topological polar surface area (TPSA) is 52.1 Å². The van der Waals surface area contributed by atoms with Crippen molar-refractivity contribution in [3.05, 3.63) is 45.7 Å². The first-order valence-electron chi connectivity index (χ1n) is 8.97. The van der Waals surface area contributed by atoms with E-state index in [2.05, 4.69) is 25.9 Å². The number of aromatic nitrogens is 2. The number of hydrogen-bond acceptors (Lipinski definition) is 6. The Bertz CT molecular complexity index is 740. The van der Waals surface area contributed by atoms with Crippen LogP contribution in [0.2, 0.25) is 0 Å². The molecule has 0 aliphatic rings. The van der Waals surface area contributed by atoms with E-state index in [9.17, 15) is 4.79 Å². The summed E-state index contributed by atoms with van der Waals surface area (Å²) in [5, 5.41) is 2.03. The zero-order valence-electron chi connectivity index (χ0n) is 18.0. The maximum absolute atomic E-state index is 11.0. The summed E-state index contributed by atoms with van der Waals surface area (Å²) < 4.78 is 6.12. The van der Waals surface area contributed by atoms with Crippen LogP contribution in [0.5, 0.6) is 0 Å². The highest BCUT2D eigenvalue weighted by atomic mass is 79.9. The van der Waals surface area contributed by atoms with Crippen LogP contribution in [0.15, 0.2) is 38.8 Å². The summed E-state index contributed by atoms with van der Waals surface area (Å²) in [6, 6.07) is 7.72. The average molecular weight is 488 g/mol. The average Bonchev–Trinajstić information content (AvgIpc) is 2.64. The number of ether oxygens (including phenoxy) is 1. The van der Waals surface area contributed by atoms with Crippen molar-refractivity contribution in [2.24, 2.45) is 0 Å². The first-order valence-corrected chi connectivity index (χ1v) is 12.2. The molecule has 7 heteroatoms. The van der Waals surface area contributed by atoms with Crippen molar-refractivity contribution in [1.82, 2.24) is 9.97 Å². The third kappa shape index (κ3) is 11.2. The van der Waals surface area contributed by atoms with E-state index >= 15 is 0 Å². The number of halogens is 1. The molecule has 0 unspecified atom stereocenters. The second-order valence-electron chi connectivity index (χ2n) is 5.97. The molecule has 0 radical (unpaired) electrons. The molecule has 0 spiro atoms. The van der Waals surface area contributed by atoms with Gasteiger partial charge in [0.2, 0.25) is 0 Å². The first-order chi connectivity index (χ1) is 13.2. The van der Waals surface area contributed by atoms with E-state index in [0.717, 1.165) is 32.5 Å². The monoisotopic (exact) mass is 486 g/mol. The lowest BCUT2D eigenvalue weighted by atomic mass is 10.1. The van der Waals surface area contributed by atoms with Gasteiger partial charge in [-0.05, 0) is 94.2 Å². The predicted octanol–water partition coefficient (Wildman–Crippen LogP) is 6.62. The molecule has 0 saturated carbocycles. The van der Waals surface area contributed by atoms with Gasteiger partial charge in [0.15, 0.2) is 5.78 Å². The summed E-state index contributed by atoms with van der Waals surface area (Å²) in [4.78, 5) is 19.6. The molecule has 2 rings (SSSR count). The van der Waals surface area contributed by atoms with E-state index in [1.165, 1.54) is 0 Å². The molecule has 0 aliphatic heterocycles. The van der Waals surface area contributed by atoms with Crippen molar-refractivity contribution in [1.29, 1.82) is 0 Å². The van der Waals surface area contributed by atoms with E-state index in [1.807, 2.05) is 71.4 Å². The van der Waals surface area contributed by atoms with Crippen LogP contribution >= 0.6 is 39.5 Å². The van der Waals surface area contributed by atoms with Crippen molar-refractivity contribution < 1.29 is 9.53 Å². The minimum absolute atomic E-state index is 0.0765. The molecule has 0 fully saturated rings. The molecule has 0 aromatic carbocycles. The van der Waals surface area contributed by atoms with Gasteiger partial charge in [0.05, 0.1) is 21.8 Å². The summed E-state index contributed by atoms with van der Waals surface area (Å²) in [5.41, 5.74) is 2.58. The van der Waals surface area contributed by atoms with Crippen LogP contribution in [0.25, 0.3) is 0 Å². The molecule has 156 valence electrons. The summed E-state index contributed by atoms with van der Waals surface area (Å²) in [6.45, 7) is 12.3. The van der Waals surface area contributed by atoms with Gasteiger partial charge >= 0.3 is 0 Å². The van der Waals surface area contributed by atoms with Crippen LogP contribution < -0.4 is 0 Å². The van der Waals surface area contributed by atoms with Gasteiger partial charge in [0.25, 0.3) is 0 Å². The normalized spacial score (nSPS) is 9.93. The second-order valence-corrected chi connectivity index (χ2v) is 8.48. The standard InChI is InChI=1S/C9H11NOS.C7H8BrNS.C5H12O/c1-6-8(7(2)11)4-5-9(10-6)12-3;1-5-6(8)3-4-7(9-5)10-2;1-4-6-5(2)3/h4-5H,1-3H3;3-4H,1-2H3;5H,4H2,1-3H3. The van der Waals surface area contributed by atoms with Crippen LogP contribution in [0.1, 0.15) is 49.4 Å². The number of hydrogen-bond donors (Lipinski definition) is 0. The lowest BCUT2D eigenvalue weighted by Crippen LogP contribution is -1.99. The zero-order valence-corrected chi connectivity index (χ0v) is 21.2. The summed E-state index contributed by atoms with van der Waals surface area (Å²) in [5.74, 6) is 0.0765. The fourth-order valence-electron chi connectivity index (χ4n) is 1.99. The van der Waals surface area contributed by atoms with Gasteiger partial charge < -0.3 is 4.74 Å². The Labute approximate surface area is 186 Å². The first kappa shape index (κ1) is 27.1. The number of carbonyl (C=O) groups is 1. The van der Waals surface area contributed by atoms with Crippen LogP contribution in [0.4, 0.5) is 0 Å². The highest BCUT2D eigenvalue weighted by molar-refractivity contribution is 9.10. The van der Waals surface area contributed by atoms with Gasteiger partial charge in [-0.15, -0.1) is 23.5 Å². The van der Waals surface area contributed by atoms with Crippen LogP contribution in [-0.4, -0.2) is 41.0 Å². The van der Waals surface area contributed by atoms with E-state index < -0.39 is 0 Å². The van der Waals surface area contributed by atoms with Gasteiger partial charge in [0.1, 0.15) is 0 Å². The Hall–Kier alpha value is -0.890. The molecule has 4 nitrogen and oxygen atoms in total. The molecule has 2 aromatic rings. The zero-order chi connectivity index (χ0) is 21.7. The molecule has 0 atom stereocenters. The van der Waals surface area contributed by atoms with Crippen molar-refractivity contribution in [2.75, 3.05) is 19.1 Å². The molecule has 0 aliphatic carbocycles. The maximum Gasteiger partial charge on any atom is 0.161 e. The number of aryl methyl sites for hydroxylation is 2. The number of thioether (sulfide) groups is 2. The largest absolute Gasteiger partial charge is 0.379 e. The minimum Gasteiger partial charge on any atom is -0.379 e. The number of ketones is 1. The third-order valence-corrected chi connectivity index (χ3v) is 5.48. The lowest BCUT2D eigenvalue weighted by molar-refractivity contribution is 0.0899. The van der Waals surface area contributed by atoms with Gasteiger partial charge in [-0.1, -0.05) is 0 Å². The van der Waals surface area contributed by atoms with Gasteiger partial charge in [-0.2, -0.15) is 0 Å². The molecule has 2 heterocycles. The van der Waals surface area contributed by atoms with E-state index in [0.29, 0.717) is 11.7 Å². The highest BCUT2D eigenvalue weighted by Gasteiger charge is 2.04. The second kappa shape index (κ2) is 15.0. The van der Waals surface area contributed by atoms with Crippen molar-refractivity contribution in [3.63, 3.8) is 0 Å². The molecule has 2 aromatic heterocycles. The third-order valence-electron chi connectivity index (χ3n) is 3.35. The van der Waals surface area contributed by atoms with Crippen molar-refractivity contribution >= 4 is 45.2 Å². The minimum atomic E-state index is 0.0765. The van der Waals surface area contributed by atoms with Crippen molar-refractivity contribution in [3.8, 4) is 0 Å². The Balaban J connectivity index is 0.000000414. The maximum atomic E-state index is 11.0. The van der Waals surface area contributed by atoms with Crippen LogP contribution in [0, 0.1) is 13.8 Å². The molecule has 0 saturated heterocycles. The number of nitrogens with zero attached hydrogens (tertiary/aromatic N) is 2. The molecule has 28 heavy (non-hydrogen) atoms. The van der Waals surface area contributed by atoms with E-state index in [4.69, 9.17) is 4.74 Å². The van der Waals surface area contributed by atoms with Gasteiger partial charge in [-0.25, -0.2) is 9.97 Å².